The molecule has 152 valence electrons. The van der Waals surface area contributed by atoms with E-state index in [4.69, 9.17) is 11.6 Å². The van der Waals surface area contributed by atoms with Crippen LogP contribution in [-0.2, 0) is 9.59 Å². The van der Waals surface area contributed by atoms with E-state index in [-0.39, 0.29) is 37.5 Å². The molecule has 1 aliphatic rings. The Bertz CT molecular complexity index is 919. The molecule has 0 atom stereocenters. The number of anilines is 1. The summed E-state index contributed by atoms with van der Waals surface area (Å²) in [5, 5.41) is 0.567. The topological polar surface area (TPSA) is 73.8 Å². The number of aromatic nitrogens is 1. The van der Waals surface area contributed by atoms with Crippen molar-refractivity contribution in [2.45, 2.75) is 20.3 Å². The molecule has 0 saturated carbocycles. The summed E-state index contributed by atoms with van der Waals surface area (Å²) in [5.74, 6) is -0.668. The van der Waals surface area contributed by atoms with Crippen molar-refractivity contribution in [3.63, 3.8) is 0 Å². The van der Waals surface area contributed by atoms with Crippen molar-refractivity contribution in [3.05, 3.63) is 58.9 Å². The van der Waals surface area contributed by atoms with Crippen LogP contribution < -0.4 is 4.90 Å². The SMILES string of the molecule is CCCN(CC(=O)N1CC(=O)N(c2cccc(Cl)c2C)C1)C(=O)c1ccncc1. The van der Waals surface area contributed by atoms with Gasteiger partial charge < -0.3 is 9.80 Å². The molecule has 1 saturated heterocycles. The van der Waals surface area contributed by atoms with Crippen LogP contribution >= 0.6 is 11.6 Å². The molecule has 2 aromatic rings. The second-order valence-corrected chi connectivity index (χ2v) is 7.31. The van der Waals surface area contributed by atoms with E-state index in [1.165, 1.54) is 9.80 Å². The van der Waals surface area contributed by atoms with E-state index in [9.17, 15) is 14.4 Å². The number of halogens is 1. The number of hydrogen-bond acceptors (Lipinski definition) is 4. The van der Waals surface area contributed by atoms with Crippen LogP contribution in [0.1, 0.15) is 29.3 Å². The quantitative estimate of drug-likeness (QED) is 0.728. The second-order valence-electron chi connectivity index (χ2n) is 6.90. The summed E-state index contributed by atoms with van der Waals surface area (Å²) in [6.45, 7) is 4.28. The van der Waals surface area contributed by atoms with Gasteiger partial charge in [0, 0.05) is 35.2 Å². The van der Waals surface area contributed by atoms with Crippen molar-refractivity contribution in [1.82, 2.24) is 14.8 Å². The molecule has 2 heterocycles. The summed E-state index contributed by atoms with van der Waals surface area (Å²) >= 11 is 6.17. The Balaban J connectivity index is 1.72. The summed E-state index contributed by atoms with van der Waals surface area (Å²) in [7, 11) is 0. The van der Waals surface area contributed by atoms with Crippen molar-refractivity contribution >= 4 is 35.0 Å². The lowest BCUT2D eigenvalue weighted by molar-refractivity contribution is -0.132. The average molecular weight is 415 g/mol. The molecule has 0 bridgehead atoms. The number of benzene rings is 1. The third-order valence-electron chi connectivity index (χ3n) is 4.86. The van der Waals surface area contributed by atoms with Gasteiger partial charge in [-0.3, -0.25) is 24.3 Å². The van der Waals surface area contributed by atoms with Gasteiger partial charge in [-0.1, -0.05) is 24.6 Å². The minimum Gasteiger partial charge on any atom is -0.329 e. The van der Waals surface area contributed by atoms with E-state index in [2.05, 4.69) is 4.98 Å². The number of hydrogen-bond donors (Lipinski definition) is 0. The number of rotatable bonds is 6. The van der Waals surface area contributed by atoms with Gasteiger partial charge in [0.15, 0.2) is 0 Å². The van der Waals surface area contributed by atoms with Crippen molar-refractivity contribution in [2.75, 3.05) is 31.2 Å². The van der Waals surface area contributed by atoms with Gasteiger partial charge in [-0.25, -0.2) is 0 Å². The Morgan fingerprint density at radius 2 is 1.93 bits per heavy atom. The van der Waals surface area contributed by atoms with E-state index in [1.54, 1.807) is 41.6 Å². The summed E-state index contributed by atoms with van der Waals surface area (Å²) in [6, 6.07) is 8.59. The highest BCUT2D eigenvalue weighted by atomic mass is 35.5. The van der Waals surface area contributed by atoms with Crippen molar-refractivity contribution in [3.8, 4) is 0 Å². The molecule has 1 aromatic carbocycles. The lowest BCUT2D eigenvalue weighted by Crippen LogP contribution is -2.43. The number of carbonyl (C=O) groups is 3. The lowest BCUT2D eigenvalue weighted by Gasteiger charge is -2.25. The molecule has 1 aliphatic heterocycles. The first-order chi connectivity index (χ1) is 13.9. The lowest BCUT2D eigenvalue weighted by atomic mass is 10.2. The Morgan fingerprint density at radius 3 is 2.62 bits per heavy atom. The van der Waals surface area contributed by atoms with Crippen molar-refractivity contribution in [2.24, 2.45) is 0 Å². The molecular formula is C21H23ClN4O3. The van der Waals surface area contributed by atoms with E-state index < -0.39 is 0 Å². The minimum absolute atomic E-state index is 0.0196. The zero-order chi connectivity index (χ0) is 21.0. The van der Waals surface area contributed by atoms with Gasteiger partial charge in [-0.2, -0.15) is 0 Å². The fraction of sp³-hybridized carbons (Fsp3) is 0.333. The molecular weight excluding hydrogens is 392 g/mol. The third kappa shape index (κ3) is 4.56. The summed E-state index contributed by atoms with van der Waals surface area (Å²) in [5.41, 5.74) is 1.96. The Kier molecular flexibility index (Phi) is 6.49. The minimum atomic E-state index is -0.267. The highest BCUT2D eigenvalue weighted by molar-refractivity contribution is 6.31. The van der Waals surface area contributed by atoms with Crippen LogP contribution in [0.5, 0.6) is 0 Å². The van der Waals surface area contributed by atoms with Crippen LogP contribution in [-0.4, -0.2) is 58.8 Å². The van der Waals surface area contributed by atoms with Gasteiger partial charge in [0.1, 0.15) is 19.8 Å². The number of carbonyl (C=O) groups excluding carboxylic acids is 3. The first-order valence-electron chi connectivity index (χ1n) is 9.45. The maximum atomic E-state index is 12.9. The third-order valence-corrected chi connectivity index (χ3v) is 5.27. The second kappa shape index (κ2) is 9.05. The van der Waals surface area contributed by atoms with Crippen LogP contribution in [0, 0.1) is 6.92 Å². The van der Waals surface area contributed by atoms with Gasteiger partial charge in [-0.15, -0.1) is 0 Å². The predicted octanol–water partition coefficient (Wildman–Crippen LogP) is 2.73. The van der Waals surface area contributed by atoms with Crippen LogP contribution in [0.4, 0.5) is 5.69 Å². The normalized spacial score (nSPS) is 13.7. The molecule has 3 rings (SSSR count). The molecule has 0 unspecified atom stereocenters. The summed E-state index contributed by atoms with van der Waals surface area (Å²) in [4.78, 5) is 46.6. The fourth-order valence-corrected chi connectivity index (χ4v) is 3.45. The largest absolute Gasteiger partial charge is 0.329 e. The van der Waals surface area contributed by atoms with Crippen LogP contribution in [0.3, 0.4) is 0 Å². The molecule has 8 heteroatoms. The van der Waals surface area contributed by atoms with Crippen LogP contribution in [0.2, 0.25) is 5.02 Å². The molecule has 0 aliphatic carbocycles. The standard InChI is InChI=1S/C21H23ClN4O3/c1-3-11-24(21(29)16-7-9-23-10-8-16)12-19(27)25-13-20(28)26(14-25)18-6-4-5-17(22)15(18)2/h4-10H,3,11-14H2,1-2H3. The van der Waals surface area contributed by atoms with E-state index >= 15 is 0 Å². The summed E-state index contributed by atoms with van der Waals surface area (Å²) in [6.07, 6.45) is 3.81. The molecule has 0 radical (unpaired) electrons. The zero-order valence-electron chi connectivity index (χ0n) is 16.5. The first-order valence-corrected chi connectivity index (χ1v) is 9.82. The van der Waals surface area contributed by atoms with Crippen LogP contribution in [0.25, 0.3) is 0 Å². The maximum absolute atomic E-state index is 12.9. The van der Waals surface area contributed by atoms with E-state index in [0.29, 0.717) is 22.8 Å². The van der Waals surface area contributed by atoms with Gasteiger partial charge >= 0.3 is 0 Å². The summed E-state index contributed by atoms with van der Waals surface area (Å²) < 4.78 is 0. The van der Waals surface area contributed by atoms with Crippen LogP contribution in [0.15, 0.2) is 42.7 Å². The molecule has 1 aromatic heterocycles. The molecule has 29 heavy (non-hydrogen) atoms. The van der Waals surface area contributed by atoms with Crippen molar-refractivity contribution in [1.29, 1.82) is 0 Å². The van der Waals surface area contributed by atoms with Crippen molar-refractivity contribution < 1.29 is 14.4 Å². The van der Waals surface area contributed by atoms with Gasteiger partial charge in [0.25, 0.3) is 5.91 Å². The maximum Gasteiger partial charge on any atom is 0.254 e. The van der Waals surface area contributed by atoms with Gasteiger partial charge in [0.2, 0.25) is 11.8 Å². The smallest absolute Gasteiger partial charge is 0.254 e. The average Bonchev–Trinajstić information content (AvgIpc) is 3.11. The van der Waals surface area contributed by atoms with E-state index in [0.717, 1.165) is 12.0 Å². The number of amides is 3. The molecule has 1 fully saturated rings. The highest BCUT2D eigenvalue weighted by Gasteiger charge is 2.33. The molecule has 7 nitrogen and oxygen atoms in total. The van der Waals surface area contributed by atoms with E-state index in [1.807, 2.05) is 19.9 Å². The Hall–Kier alpha value is -2.93. The Labute approximate surface area is 174 Å². The first kappa shape index (κ1) is 20.8. The molecule has 3 amide bonds. The van der Waals surface area contributed by atoms with Gasteiger partial charge in [0.05, 0.1) is 0 Å². The molecule has 0 N–H and O–H groups in total. The fourth-order valence-electron chi connectivity index (χ4n) is 3.28. The van der Waals surface area contributed by atoms with Gasteiger partial charge in [-0.05, 0) is 43.2 Å². The highest BCUT2D eigenvalue weighted by Crippen LogP contribution is 2.28. The Morgan fingerprint density at radius 1 is 1.21 bits per heavy atom. The number of pyridine rings is 1. The molecule has 0 spiro atoms. The number of nitrogens with zero attached hydrogens (tertiary/aromatic N) is 4. The zero-order valence-corrected chi connectivity index (χ0v) is 17.2. The predicted molar refractivity (Wildman–Crippen MR) is 111 cm³/mol. The monoisotopic (exact) mass is 414 g/mol.